The monoisotopic (exact) mass is 202 g/mol. The summed E-state index contributed by atoms with van der Waals surface area (Å²) in [5.74, 6) is 0.449. The van der Waals surface area contributed by atoms with Gasteiger partial charge in [-0.3, -0.25) is 0 Å². The smallest absolute Gasteiger partial charge is 0.168 e. The summed E-state index contributed by atoms with van der Waals surface area (Å²) in [6.45, 7) is 8.31. The average molecular weight is 202 g/mol. The van der Waals surface area contributed by atoms with Crippen molar-refractivity contribution in [1.82, 2.24) is 10.6 Å². The van der Waals surface area contributed by atoms with Crippen LogP contribution in [0.4, 0.5) is 0 Å². The van der Waals surface area contributed by atoms with Crippen LogP contribution in [0.1, 0.15) is 27.7 Å². The quantitative estimate of drug-likeness (QED) is 0.551. The molecule has 1 rings (SSSR count). The molecular weight excluding hydrogens is 184 g/mol. The van der Waals surface area contributed by atoms with Crippen LogP contribution in [0.2, 0.25) is 0 Å². The van der Waals surface area contributed by atoms with E-state index >= 15 is 0 Å². The van der Waals surface area contributed by atoms with E-state index in [1.165, 1.54) is 0 Å². The van der Waals surface area contributed by atoms with Gasteiger partial charge in [-0.1, -0.05) is 27.7 Å². The van der Waals surface area contributed by atoms with E-state index in [-0.39, 0.29) is 11.5 Å². The molecule has 1 aliphatic heterocycles. The van der Waals surface area contributed by atoms with Crippen LogP contribution in [0.3, 0.4) is 0 Å². The highest BCUT2D eigenvalue weighted by molar-refractivity contribution is 7.80. The van der Waals surface area contributed by atoms with Crippen molar-refractivity contribution in [3.63, 3.8) is 0 Å². The highest BCUT2D eigenvalue weighted by Crippen LogP contribution is 2.31. The van der Waals surface area contributed by atoms with Crippen LogP contribution in [-0.4, -0.2) is 22.5 Å². The number of aliphatic hydroxyl groups excluding tert-OH is 1. The normalized spacial score (nSPS) is 32.6. The van der Waals surface area contributed by atoms with Crippen molar-refractivity contribution in [2.24, 2.45) is 11.3 Å². The van der Waals surface area contributed by atoms with Gasteiger partial charge in [-0.05, 0) is 18.1 Å². The summed E-state index contributed by atoms with van der Waals surface area (Å²) in [5, 5.41) is 16.4. The van der Waals surface area contributed by atoms with Gasteiger partial charge in [0.1, 0.15) is 6.23 Å². The molecule has 1 heterocycles. The highest BCUT2D eigenvalue weighted by Gasteiger charge is 2.42. The zero-order valence-corrected chi connectivity index (χ0v) is 9.40. The van der Waals surface area contributed by atoms with Crippen LogP contribution in [0.25, 0.3) is 0 Å². The fourth-order valence-electron chi connectivity index (χ4n) is 1.87. The van der Waals surface area contributed by atoms with Crippen molar-refractivity contribution < 1.29 is 5.11 Å². The third kappa shape index (κ3) is 1.94. The average Bonchev–Trinajstić information content (AvgIpc) is 1.96. The number of nitrogens with one attached hydrogen (secondary N) is 2. The fraction of sp³-hybridized carbons (Fsp3) is 0.889. The minimum absolute atomic E-state index is 0.198. The van der Waals surface area contributed by atoms with Crippen LogP contribution >= 0.6 is 12.2 Å². The molecule has 0 spiro atoms. The first-order valence-corrected chi connectivity index (χ1v) is 5.01. The molecule has 0 aromatic rings. The molecule has 3 N–H and O–H groups in total. The van der Waals surface area contributed by atoms with Gasteiger partial charge in [0.2, 0.25) is 0 Å². The second-order valence-electron chi connectivity index (χ2n) is 4.56. The van der Waals surface area contributed by atoms with Crippen molar-refractivity contribution in [2.45, 2.75) is 40.0 Å². The standard InChI is InChI=1S/C9H18N2OS/c1-5(2)6-9(3,4)7(12)11-8(13)10-6/h5-7,12H,1-4H3,(H2,10,11,13). The van der Waals surface area contributed by atoms with Gasteiger partial charge < -0.3 is 15.7 Å². The highest BCUT2D eigenvalue weighted by atomic mass is 32.1. The zero-order chi connectivity index (χ0) is 10.2. The number of hydrogen-bond acceptors (Lipinski definition) is 2. The second kappa shape index (κ2) is 3.42. The molecule has 13 heavy (non-hydrogen) atoms. The third-order valence-electron chi connectivity index (χ3n) is 2.73. The van der Waals surface area contributed by atoms with E-state index in [4.69, 9.17) is 12.2 Å². The molecule has 0 aliphatic carbocycles. The maximum absolute atomic E-state index is 9.79. The van der Waals surface area contributed by atoms with Crippen molar-refractivity contribution in [3.05, 3.63) is 0 Å². The molecule has 0 amide bonds. The molecule has 3 nitrogen and oxygen atoms in total. The Kier molecular flexibility index (Phi) is 2.82. The lowest BCUT2D eigenvalue weighted by Crippen LogP contribution is -2.66. The van der Waals surface area contributed by atoms with Crippen LogP contribution in [0, 0.1) is 11.3 Å². The Hall–Kier alpha value is -0.350. The van der Waals surface area contributed by atoms with Crippen LogP contribution in [0.5, 0.6) is 0 Å². The Labute approximate surface area is 84.9 Å². The molecule has 0 saturated carbocycles. The van der Waals surface area contributed by atoms with Crippen molar-refractivity contribution in [2.75, 3.05) is 0 Å². The maximum atomic E-state index is 9.79. The summed E-state index contributed by atoms with van der Waals surface area (Å²) in [4.78, 5) is 0. The number of rotatable bonds is 1. The summed E-state index contributed by atoms with van der Waals surface area (Å²) < 4.78 is 0. The van der Waals surface area contributed by atoms with Crippen molar-refractivity contribution >= 4 is 17.3 Å². The van der Waals surface area contributed by atoms with Gasteiger partial charge in [0, 0.05) is 11.5 Å². The van der Waals surface area contributed by atoms with Crippen molar-refractivity contribution in [3.8, 4) is 0 Å². The van der Waals surface area contributed by atoms with E-state index in [9.17, 15) is 5.11 Å². The Balaban J connectivity index is 2.85. The van der Waals surface area contributed by atoms with Crippen LogP contribution < -0.4 is 10.6 Å². The molecular formula is C9H18N2OS. The molecule has 2 unspecified atom stereocenters. The van der Waals surface area contributed by atoms with Gasteiger partial charge in [-0.15, -0.1) is 0 Å². The van der Waals surface area contributed by atoms with Gasteiger partial charge in [-0.2, -0.15) is 0 Å². The maximum Gasteiger partial charge on any atom is 0.168 e. The van der Waals surface area contributed by atoms with E-state index in [1.807, 2.05) is 13.8 Å². The van der Waals surface area contributed by atoms with E-state index in [1.54, 1.807) is 0 Å². The molecule has 1 fully saturated rings. The van der Waals surface area contributed by atoms with Gasteiger partial charge >= 0.3 is 0 Å². The molecule has 2 atom stereocenters. The molecule has 0 aromatic carbocycles. The van der Waals surface area contributed by atoms with E-state index in [2.05, 4.69) is 24.5 Å². The van der Waals surface area contributed by atoms with Gasteiger partial charge in [-0.25, -0.2) is 0 Å². The van der Waals surface area contributed by atoms with Gasteiger partial charge in [0.15, 0.2) is 5.11 Å². The Bertz CT molecular complexity index is 216. The minimum Gasteiger partial charge on any atom is -0.373 e. The molecule has 0 bridgehead atoms. The summed E-state index contributed by atoms with van der Waals surface area (Å²) in [5.41, 5.74) is -0.198. The van der Waals surface area contributed by atoms with Crippen LogP contribution in [-0.2, 0) is 0 Å². The molecule has 0 radical (unpaired) electrons. The zero-order valence-electron chi connectivity index (χ0n) is 8.59. The molecule has 1 saturated heterocycles. The lowest BCUT2D eigenvalue weighted by molar-refractivity contribution is -0.00946. The lowest BCUT2D eigenvalue weighted by Gasteiger charge is -2.46. The number of hydrogen-bond donors (Lipinski definition) is 3. The van der Waals surface area contributed by atoms with E-state index in [0.717, 1.165) is 0 Å². The van der Waals surface area contributed by atoms with Crippen molar-refractivity contribution in [1.29, 1.82) is 0 Å². The largest absolute Gasteiger partial charge is 0.373 e. The summed E-state index contributed by atoms with van der Waals surface area (Å²) >= 11 is 5.00. The third-order valence-corrected chi connectivity index (χ3v) is 2.96. The summed E-state index contributed by atoms with van der Waals surface area (Å²) in [7, 11) is 0. The van der Waals surface area contributed by atoms with Crippen LogP contribution in [0.15, 0.2) is 0 Å². The molecule has 76 valence electrons. The summed E-state index contributed by atoms with van der Waals surface area (Å²) in [6.07, 6.45) is -0.561. The fourth-order valence-corrected chi connectivity index (χ4v) is 2.11. The minimum atomic E-state index is -0.561. The lowest BCUT2D eigenvalue weighted by atomic mass is 9.76. The Morgan fingerprint density at radius 2 is 1.92 bits per heavy atom. The first-order chi connectivity index (χ1) is 5.85. The molecule has 1 aliphatic rings. The molecule has 0 aromatic heterocycles. The number of aliphatic hydroxyl groups is 1. The van der Waals surface area contributed by atoms with Gasteiger partial charge in [0.05, 0.1) is 0 Å². The SMILES string of the molecule is CC(C)C1NC(=S)NC(O)C1(C)C. The Morgan fingerprint density at radius 3 is 2.38 bits per heavy atom. The topological polar surface area (TPSA) is 44.3 Å². The first kappa shape index (κ1) is 10.7. The van der Waals surface area contributed by atoms with E-state index < -0.39 is 6.23 Å². The first-order valence-electron chi connectivity index (χ1n) is 4.61. The molecule has 4 heteroatoms. The van der Waals surface area contributed by atoms with E-state index in [0.29, 0.717) is 11.0 Å². The summed E-state index contributed by atoms with van der Waals surface area (Å²) in [6, 6.07) is 0.219. The van der Waals surface area contributed by atoms with Gasteiger partial charge in [0.25, 0.3) is 0 Å². The predicted octanol–water partition coefficient (Wildman–Crippen LogP) is 0.833. The second-order valence-corrected chi connectivity index (χ2v) is 4.97. The Morgan fingerprint density at radius 1 is 1.38 bits per heavy atom. The number of thiocarbonyl (C=S) groups is 1. The predicted molar refractivity (Wildman–Crippen MR) is 57.3 cm³/mol.